The van der Waals surface area contributed by atoms with Gasteiger partial charge in [0.1, 0.15) is 0 Å². The van der Waals surface area contributed by atoms with Gasteiger partial charge in [-0.05, 0) is 25.5 Å². The molecule has 1 unspecified atom stereocenters. The topological polar surface area (TPSA) is 40.9 Å². The minimum atomic E-state index is -0.254. The van der Waals surface area contributed by atoms with Crippen LogP contribution in [-0.2, 0) is 0 Å². The highest BCUT2D eigenvalue weighted by Crippen LogP contribution is 2.18. The normalized spacial score (nSPS) is 11.9. The Morgan fingerprint density at radius 1 is 1.57 bits per heavy atom. The molecule has 0 radical (unpaired) electrons. The van der Waals surface area contributed by atoms with Gasteiger partial charge in [0.15, 0.2) is 5.78 Å². The number of Topliss-reactive ketones (excluding diaryl/α,β-unsaturated/α-hetero) is 1. The third kappa shape index (κ3) is 2.02. The lowest BCUT2D eigenvalue weighted by molar-refractivity contribution is 0.0995. The zero-order chi connectivity index (χ0) is 10.7. The number of nitriles is 1. The van der Waals surface area contributed by atoms with Crippen molar-refractivity contribution in [2.24, 2.45) is 0 Å². The highest BCUT2D eigenvalue weighted by molar-refractivity contribution is 9.10. The monoisotopic (exact) mass is 251 g/mol. The first-order valence-electron chi connectivity index (χ1n) is 4.26. The van der Waals surface area contributed by atoms with Gasteiger partial charge in [0, 0.05) is 5.56 Å². The predicted molar refractivity (Wildman–Crippen MR) is 58.6 cm³/mol. The third-order valence-corrected chi connectivity index (χ3v) is 2.42. The number of carbonyl (C=O) groups is 1. The van der Waals surface area contributed by atoms with E-state index >= 15 is 0 Å². The van der Waals surface area contributed by atoms with Crippen molar-refractivity contribution in [1.82, 2.24) is 0 Å². The molecule has 0 amide bonds. The van der Waals surface area contributed by atoms with Crippen LogP contribution in [-0.4, -0.2) is 10.6 Å². The summed E-state index contributed by atoms with van der Waals surface area (Å²) in [6.07, 6.45) is 0. The van der Waals surface area contributed by atoms with Gasteiger partial charge in [0.25, 0.3) is 0 Å². The minimum Gasteiger partial charge on any atom is -0.293 e. The molecule has 72 valence electrons. The Hall–Kier alpha value is -1.14. The molecule has 0 spiro atoms. The van der Waals surface area contributed by atoms with Crippen LogP contribution in [0.5, 0.6) is 0 Å². The lowest BCUT2D eigenvalue weighted by Gasteiger charge is -2.07. The number of rotatable bonds is 2. The zero-order valence-electron chi connectivity index (χ0n) is 8.04. The van der Waals surface area contributed by atoms with Crippen molar-refractivity contribution in [1.29, 1.82) is 5.26 Å². The summed E-state index contributed by atoms with van der Waals surface area (Å²) in [5, 5.41) is 8.86. The van der Waals surface area contributed by atoms with E-state index in [0.717, 1.165) is 5.56 Å². The fourth-order valence-corrected chi connectivity index (χ4v) is 1.52. The van der Waals surface area contributed by atoms with Crippen LogP contribution in [0.15, 0.2) is 18.2 Å². The lowest BCUT2D eigenvalue weighted by Crippen LogP contribution is -2.13. The molecule has 0 aromatic heterocycles. The van der Waals surface area contributed by atoms with E-state index in [2.05, 4.69) is 15.9 Å². The van der Waals surface area contributed by atoms with Gasteiger partial charge < -0.3 is 0 Å². The molecule has 3 heteroatoms. The molecule has 0 fully saturated rings. The molecule has 0 aliphatic rings. The second-order valence-electron chi connectivity index (χ2n) is 3.09. The van der Waals surface area contributed by atoms with E-state index in [9.17, 15) is 4.79 Å². The molecular weight excluding hydrogens is 242 g/mol. The van der Waals surface area contributed by atoms with E-state index in [1.54, 1.807) is 19.1 Å². The second kappa shape index (κ2) is 4.39. The zero-order valence-corrected chi connectivity index (χ0v) is 9.63. The van der Waals surface area contributed by atoms with Crippen molar-refractivity contribution in [3.8, 4) is 6.07 Å². The summed E-state index contributed by atoms with van der Waals surface area (Å²) < 4.78 is 0. The number of aryl methyl sites for hydroxylation is 1. The molecule has 14 heavy (non-hydrogen) atoms. The second-order valence-corrected chi connectivity index (χ2v) is 4.46. The van der Waals surface area contributed by atoms with Crippen molar-refractivity contribution in [2.75, 3.05) is 0 Å². The Balaban J connectivity index is 3.33. The van der Waals surface area contributed by atoms with Gasteiger partial charge in [-0.15, -0.1) is 0 Å². The maximum Gasteiger partial charge on any atom is 0.177 e. The van der Waals surface area contributed by atoms with Crippen molar-refractivity contribution >= 4 is 21.7 Å². The number of nitrogens with zero attached hydrogens (tertiary/aromatic N) is 1. The number of benzene rings is 1. The standard InChI is InChI=1S/C11H10BrNO/c1-7-4-3-5-9(6-13)10(7)11(14)8(2)12/h3-5,8H,1-2H3. The van der Waals surface area contributed by atoms with E-state index in [-0.39, 0.29) is 10.6 Å². The largest absolute Gasteiger partial charge is 0.293 e. The molecule has 2 nitrogen and oxygen atoms in total. The van der Waals surface area contributed by atoms with Crippen LogP contribution in [0.1, 0.15) is 28.4 Å². The summed E-state index contributed by atoms with van der Waals surface area (Å²) in [5.41, 5.74) is 1.82. The fraction of sp³-hybridized carbons (Fsp3) is 0.273. The number of halogens is 1. The van der Waals surface area contributed by atoms with Crippen LogP contribution in [0.25, 0.3) is 0 Å². The number of hydrogen-bond donors (Lipinski definition) is 0. The average Bonchev–Trinajstić information content (AvgIpc) is 2.16. The number of carbonyl (C=O) groups excluding carboxylic acids is 1. The molecule has 1 aromatic carbocycles. The van der Waals surface area contributed by atoms with Gasteiger partial charge in [0.2, 0.25) is 0 Å². The summed E-state index contributed by atoms with van der Waals surface area (Å²) in [6, 6.07) is 7.31. The van der Waals surface area contributed by atoms with E-state index in [1.165, 1.54) is 0 Å². The van der Waals surface area contributed by atoms with Crippen molar-refractivity contribution < 1.29 is 4.79 Å². The van der Waals surface area contributed by atoms with Crippen LogP contribution in [0.4, 0.5) is 0 Å². The summed E-state index contributed by atoms with van der Waals surface area (Å²) in [6.45, 7) is 3.60. The first kappa shape index (κ1) is 10.9. The summed E-state index contributed by atoms with van der Waals surface area (Å²) in [5.74, 6) is -0.0420. The van der Waals surface area contributed by atoms with Crippen LogP contribution in [0, 0.1) is 18.3 Å². The maximum absolute atomic E-state index is 11.7. The highest BCUT2D eigenvalue weighted by Gasteiger charge is 2.17. The Morgan fingerprint density at radius 3 is 2.71 bits per heavy atom. The third-order valence-electron chi connectivity index (χ3n) is 2.00. The van der Waals surface area contributed by atoms with Gasteiger partial charge in [-0.25, -0.2) is 0 Å². The SMILES string of the molecule is Cc1cccc(C#N)c1C(=O)C(C)Br. The number of ketones is 1. The van der Waals surface area contributed by atoms with Gasteiger partial charge in [0.05, 0.1) is 16.5 Å². The molecule has 0 saturated heterocycles. The Labute approximate surface area is 91.7 Å². The average molecular weight is 252 g/mol. The van der Waals surface area contributed by atoms with Gasteiger partial charge in [-0.1, -0.05) is 28.1 Å². The summed E-state index contributed by atoms with van der Waals surface area (Å²) >= 11 is 3.22. The van der Waals surface area contributed by atoms with Crippen molar-refractivity contribution in [2.45, 2.75) is 18.7 Å². The summed E-state index contributed by atoms with van der Waals surface area (Å²) in [7, 11) is 0. The van der Waals surface area contributed by atoms with Crippen LogP contribution < -0.4 is 0 Å². The van der Waals surface area contributed by atoms with E-state index in [0.29, 0.717) is 11.1 Å². The smallest absolute Gasteiger partial charge is 0.177 e. The summed E-state index contributed by atoms with van der Waals surface area (Å²) in [4.78, 5) is 11.5. The molecule has 0 saturated carbocycles. The maximum atomic E-state index is 11.7. The molecule has 1 atom stereocenters. The van der Waals surface area contributed by atoms with E-state index in [4.69, 9.17) is 5.26 Å². The van der Waals surface area contributed by atoms with Gasteiger partial charge in [-0.3, -0.25) is 4.79 Å². The fourth-order valence-electron chi connectivity index (χ4n) is 1.29. The van der Waals surface area contributed by atoms with Crippen LogP contribution in [0.2, 0.25) is 0 Å². The molecular formula is C11H10BrNO. The number of alkyl halides is 1. The quantitative estimate of drug-likeness (QED) is 0.599. The van der Waals surface area contributed by atoms with Crippen molar-refractivity contribution in [3.05, 3.63) is 34.9 Å². The van der Waals surface area contributed by atoms with E-state index < -0.39 is 0 Å². The Bertz CT molecular complexity index is 404. The molecule has 0 bridgehead atoms. The minimum absolute atomic E-state index is 0.0420. The highest BCUT2D eigenvalue weighted by atomic mass is 79.9. The molecule has 0 aliphatic heterocycles. The molecule has 0 heterocycles. The number of hydrogen-bond acceptors (Lipinski definition) is 2. The Morgan fingerprint density at radius 2 is 2.21 bits per heavy atom. The van der Waals surface area contributed by atoms with E-state index in [1.807, 2.05) is 19.1 Å². The molecule has 1 rings (SSSR count). The van der Waals surface area contributed by atoms with Gasteiger partial charge in [-0.2, -0.15) is 5.26 Å². The van der Waals surface area contributed by atoms with Crippen molar-refractivity contribution in [3.63, 3.8) is 0 Å². The first-order chi connectivity index (χ1) is 6.57. The lowest BCUT2D eigenvalue weighted by atomic mass is 9.98. The Kier molecular flexibility index (Phi) is 3.43. The van der Waals surface area contributed by atoms with Gasteiger partial charge >= 0.3 is 0 Å². The first-order valence-corrected chi connectivity index (χ1v) is 5.17. The molecule has 0 aliphatic carbocycles. The predicted octanol–water partition coefficient (Wildman–Crippen LogP) is 2.83. The van der Waals surface area contributed by atoms with Crippen LogP contribution in [0.3, 0.4) is 0 Å². The van der Waals surface area contributed by atoms with Crippen LogP contribution >= 0.6 is 15.9 Å². The molecule has 1 aromatic rings. The molecule has 0 N–H and O–H groups in total.